The summed E-state index contributed by atoms with van der Waals surface area (Å²) in [6, 6.07) is 5.23. The Morgan fingerprint density at radius 3 is 2.67 bits per heavy atom. The van der Waals surface area contributed by atoms with Crippen molar-refractivity contribution in [2.75, 3.05) is 30.3 Å². The zero-order valence-corrected chi connectivity index (χ0v) is 14.3. The number of piperidine rings is 1. The van der Waals surface area contributed by atoms with Gasteiger partial charge < -0.3 is 10.0 Å². The Bertz CT molecular complexity index is 683. The highest BCUT2D eigenvalue weighted by atomic mass is 32.2. The fourth-order valence-electron chi connectivity index (χ4n) is 3.04. The third kappa shape index (κ3) is 3.40. The van der Waals surface area contributed by atoms with E-state index in [0.29, 0.717) is 17.2 Å². The molecule has 1 saturated heterocycles. The molecule has 1 fully saturated rings. The highest BCUT2D eigenvalue weighted by Gasteiger charge is 2.28. The molecular formula is C17H20N2O4S. The second-order valence-electron chi connectivity index (χ2n) is 6.32. The molecule has 0 aliphatic carbocycles. The minimum atomic E-state index is -1.07. The molecule has 2 aliphatic heterocycles. The number of aliphatic carboxylic acids is 1. The average molecular weight is 348 g/mol. The van der Waals surface area contributed by atoms with Gasteiger partial charge in [0, 0.05) is 23.5 Å². The molecule has 0 bridgehead atoms. The molecule has 2 aliphatic rings. The van der Waals surface area contributed by atoms with Crippen LogP contribution in [0.3, 0.4) is 0 Å². The van der Waals surface area contributed by atoms with E-state index in [2.05, 4.69) is 6.92 Å². The predicted octanol–water partition coefficient (Wildman–Crippen LogP) is 2.08. The molecule has 1 N–H and O–H groups in total. The predicted molar refractivity (Wildman–Crippen MR) is 91.5 cm³/mol. The minimum absolute atomic E-state index is 0.0528. The van der Waals surface area contributed by atoms with Crippen molar-refractivity contribution in [2.45, 2.75) is 24.7 Å². The van der Waals surface area contributed by atoms with Crippen molar-refractivity contribution in [1.29, 1.82) is 0 Å². The number of carbonyl (C=O) groups excluding carboxylic acids is 2. The number of amides is 2. The highest BCUT2D eigenvalue weighted by molar-refractivity contribution is 8.00. The van der Waals surface area contributed by atoms with Crippen LogP contribution in [0, 0.1) is 5.92 Å². The summed E-state index contributed by atoms with van der Waals surface area (Å²) in [4.78, 5) is 39.7. The van der Waals surface area contributed by atoms with Gasteiger partial charge in [-0.15, -0.1) is 11.8 Å². The molecule has 2 heterocycles. The molecule has 7 heteroatoms. The molecule has 6 nitrogen and oxygen atoms in total. The van der Waals surface area contributed by atoms with Crippen molar-refractivity contribution in [3.05, 3.63) is 23.8 Å². The van der Waals surface area contributed by atoms with Gasteiger partial charge in [-0.25, -0.2) is 0 Å². The lowest BCUT2D eigenvalue weighted by Crippen LogP contribution is -2.40. The third-order valence-corrected chi connectivity index (χ3v) is 5.56. The number of nitrogens with zero attached hydrogens (tertiary/aromatic N) is 2. The molecule has 0 unspecified atom stereocenters. The number of rotatable bonds is 3. The molecule has 3 rings (SSSR count). The molecule has 128 valence electrons. The first-order chi connectivity index (χ1) is 11.5. The Hall–Kier alpha value is -2.02. The summed E-state index contributed by atoms with van der Waals surface area (Å²) < 4.78 is 0. The summed E-state index contributed by atoms with van der Waals surface area (Å²) in [7, 11) is 0. The Morgan fingerprint density at radius 1 is 1.29 bits per heavy atom. The molecule has 1 aromatic carbocycles. The van der Waals surface area contributed by atoms with Gasteiger partial charge in [-0.1, -0.05) is 6.92 Å². The highest BCUT2D eigenvalue weighted by Crippen LogP contribution is 2.36. The van der Waals surface area contributed by atoms with E-state index in [4.69, 9.17) is 5.11 Å². The minimum Gasteiger partial charge on any atom is -0.480 e. The maximum atomic E-state index is 12.7. The summed E-state index contributed by atoms with van der Waals surface area (Å²) >= 11 is 1.37. The van der Waals surface area contributed by atoms with Crippen molar-refractivity contribution in [2.24, 2.45) is 5.92 Å². The Balaban J connectivity index is 1.86. The van der Waals surface area contributed by atoms with Gasteiger partial charge in [0.1, 0.15) is 6.54 Å². The quantitative estimate of drug-likeness (QED) is 0.905. The van der Waals surface area contributed by atoms with Crippen molar-refractivity contribution >= 4 is 35.2 Å². The van der Waals surface area contributed by atoms with E-state index in [-0.39, 0.29) is 24.1 Å². The van der Waals surface area contributed by atoms with E-state index in [1.54, 1.807) is 18.2 Å². The molecule has 0 atom stereocenters. The van der Waals surface area contributed by atoms with Crippen LogP contribution in [0.25, 0.3) is 0 Å². The largest absolute Gasteiger partial charge is 0.480 e. The molecule has 0 radical (unpaired) electrons. The smallest absolute Gasteiger partial charge is 0.323 e. The third-order valence-electron chi connectivity index (χ3n) is 4.51. The van der Waals surface area contributed by atoms with Crippen molar-refractivity contribution in [3.63, 3.8) is 0 Å². The van der Waals surface area contributed by atoms with Gasteiger partial charge in [0.05, 0.1) is 11.4 Å². The number of hydrogen-bond acceptors (Lipinski definition) is 4. The normalized spacial score (nSPS) is 18.5. The number of benzene rings is 1. The molecule has 1 aromatic rings. The number of carboxylic acid groups (broad SMARTS) is 1. The van der Waals surface area contributed by atoms with Crippen LogP contribution in [0.2, 0.25) is 0 Å². The number of likely N-dealkylation sites (tertiary alicyclic amines) is 1. The van der Waals surface area contributed by atoms with Crippen molar-refractivity contribution < 1.29 is 19.5 Å². The second-order valence-corrected chi connectivity index (χ2v) is 7.34. The van der Waals surface area contributed by atoms with E-state index in [9.17, 15) is 14.4 Å². The number of fused-ring (bicyclic) bond motifs is 1. The number of carbonyl (C=O) groups is 3. The topological polar surface area (TPSA) is 77.9 Å². The summed E-state index contributed by atoms with van der Waals surface area (Å²) in [6.45, 7) is 3.28. The van der Waals surface area contributed by atoms with Gasteiger partial charge in [0.25, 0.3) is 5.91 Å². The second kappa shape index (κ2) is 6.84. The fraction of sp³-hybridized carbons (Fsp3) is 0.471. The van der Waals surface area contributed by atoms with Crippen LogP contribution in [-0.2, 0) is 9.59 Å². The van der Waals surface area contributed by atoms with Gasteiger partial charge in [-0.3, -0.25) is 19.3 Å². The van der Waals surface area contributed by atoms with Gasteiger partial charge in [-0.2, -0.15) is 0 Å². The standard InChI is InChI=1S/C17H20N2O4S/c1-11-4-6-18(7-5-11)17(23)12-2-3-14-13(8-12)19(9-16(21)22)15(20)10-24-14/h2-3,8,11H,4-7,9-10H2,1H3,(H,21,22). The van der Waals surface area contributed by atoms with Gasteiger partial charge in [0.2, 0.25) is 5.91 Å². The molecular weight excluding hydrogens is 328 g/mol. The molecule has 24 heavy (non-hydrogen) atoms. The van der Waals surface area contributed by atoms with Crippen LogP contribution in [0.5, 0.6) is 0 Å². The Labute approximate surface area is 144 Å². The van der Waals surface area contributed by atoms with Crippen LogP contribution in [0.4, 0.5) is 5.69 Å². The first-order valence-corrected chi connectivity index (χ1v) is 9.02. The van der Waals surface area contributed by atoms with Crippen LogP contribution >= 0.6 is 11.8 Å². The fourth-order valence-corrected chi connectivity index (χ4v) is 3.95. The summed E-state index contributed by atoms with van der Waals surface area (Å²) in [5, 5.41) is 9.04. The van der Waals surface area contributed by atoms with E-state index in [1.165, 1.54) is 16.7 Å². The van der Waals surface area contributed by atoms with E-state index in [0.717, 1.165) is 30.8 Å². The van der Waals surface area contributed by atoms with Crippen molar-refractivity contribution in [3.8, 4) is 0 Å². The lowest BCUT2D eigenvalue weighted by Gasteiger charge is -2.31. The molecule has 0 saturated carbocycles. The lowest BCUT2D eigenvalue weighted by atomic mass is 9.98. The van der Waals surface area contributed by atoms with Gasteiger partial charge in [-0.05, 0) is 37.0 Å². The van der Waals surface area contributed by atoms with E-state index in [1.807, 2.05) is 4.90 Å². The van der Waals surface area contributed by atoms with Gasteiger partial charge >= 0.3 is 5.97 Å². The van der Waals surface area contributed by atoms with Crippen LogP contribution < -0.4 is 4.90 Å². The van der Waals surface area contributed by atoms with Gasteiger partial charge in [0.15, 0.2) is 0 Å². The Morgan fingerprint density at radius 2 is 2.00 bits per heavy atom. The summed E-state index contributed by atoms with van der Waals surface area (Å²) in [5.74, 6) is -0.507. The maximum absolute atomic E-state index is 12.7. The summed E-state index contributed by atoms with van der Waals surface area (Å²) in [5.41, 5.74) is 1.03. The van der Waals surface area contributed by atoms with E-state index < -0.39 is 5.97 Å². The molecule has 2 amide bonds. The average Bonchev–Trinajstić information content (AvgIpc) is 2.57. The molecule has 0 spiro atoms. The Kier molecular flexibility index (Phi) is 4.80. The van der Waals surface area contributed by atoms with Crippen molar-refractivity contribution in [1.82, 2.24) is 4.90 Å². The molecule has 0 aromatic heterocycles. The monoisotopic (exact) mass is 348 g/mol. The number of anilines is 1. The first-order valence-electron chi connectivity index (χ1n) is 8.04. The first kappa shape index (κ1) is 16.8. The van der Waals surface area contributed by atoms with Crippen LogP contribution in [0.1, 0.15) is 30.1 Å². The van der Waals surface area contributed by atoms with E-state index >= 15 is 0 Å². The van der Waals surface area contributed by atoms with Crippen LogP contribution in [-0.4, -0.2) is 53.2 Å². The van der Waals surface area contributed by atoms with Crippen LogP contribution in [0.15, 0.2) is 23.1 Å². The number of thioether (sulfide) groups is 1. The SMILES string of the molecule is CC1CCN(C(=O)c2ccc3c(c2)N(CC(=O)O)C(=O)CS3)CC1. The maximum Gasteiger partial charge on any atom is 0.323 e. The zero-order chi connectivity index (χ0) is 17.3. The lowest BCUT2D eigenvalue weighted by molar-refractivity contribution is -0.136. The number of carboxylic acids is 1. The summed E-state index contributed by atoms with van der Waals surface area (Å²) in [6.07, 6.45) is 1.99. The number of hydrogen-bond donors (Lipinski definition) is 1. The zero-order valence-electron chi connectivity index (χ0n) is 13.5.